The highest BCUT2D eigenvalue weighted by atomic mass is 32.1. The number of carbonyl (C=O) groups is 1. The van der Waals surface area contributed by atoms with Crippen molar-refractivity contribution in [2.75, 3.05) is 0 Å². The minimum Gasteiger partial charge on any atom is -0.455 e. The molecule has 3 nitrogen and oxygen atoms in total. The van der Waals surface area contributed by atoms with Crippen LogP contribution in [0.15, 0.2) is 47.8 Å². The molecule has 0 unspecified atom stereocenters. The van der Waals surface area contributed by atoms with Crippen LogP contribution in [0.3, 0.4) is 0 Å². The quantitative estimate of drug-likeness (QED) is 0.647. The average molecular weight is 349 g/mol. The molecule has 0 bridgehead atoms. The van der Waals surface area contributed by atoms with E-state index >= 15 is 0 Å². The molecule has 0 saturated heterocycles. The maximum Gasteiger partial charge on any atom is 0.344 e. The summed E-state index contributed by atoms with van der Waals surface area (Å²) in [5, 5.41) is 2.28. The van der Waals surface area contributed by atoms with E-state index in [-0.39, 0.29) is 12.4 Å². The van der Waals surface area contributed by atoms with E-state index in [1.165, 1.54) is 23.5 Å². The largest absolute Gasteiger partial charge is 0.455 e. The number of nitrogens with zero attached hydrogens (tertiary/aromatic N) is 1. The number of halogens is 3. The minimum atomic E-state index is -1.10. The number of ether oxygens (including phenoxy) is 1. The van der Waals surface area contributed by atoms with Gasteiger partial charge in [0, 0.05) is 10.9 Å². The van der Waals surface area contributed by atoms with E-state index < -0.39 is 23.2 Å². The molecule has 0 amide bonds. The molecule has 0 aliphatic heterocycles. The summed E-state index contributed by atoms with van der Waals surface area (Å²) < 4.78 is 44.8. The number of aromatic nitrogens is 1. The van der Waals surface area contributed by atoms with Crippen LogP contribution in [0.2, 0.25) is 0 Å². The van der Waals surface area contributed by atoms with Gasteiger partial charge in [0.25, 0.3) is 0 Å². The second kappa shape index (κ2) is 6.84. The number of benzene rings is 2. The van der Waals surface area contributed by atoms with Gasteiger partial charge in [-0.25, -0.2) is 22.9 Å². The molecule has 122 valence electrons. The van der Waals surface area contributed by atoms with Crippen molar-refractivity contribution in [3.8, 4) is 10.6 Å². The first-order chi connectivity index (χ1) is 11.5. The lowest BCUT2D eigenvalue weighted by Crippen LogP contribution is -2.10. The Labute approximate surface area is 139 Å². The molecule has 0 radical (unpaired) electrons. The number of hydrogen-bond acceptors (Lipinski definition) is 4. The lowest BCUT2D eigenvalue weighted by atomic mass is 10.2. The molecule has 0 saturated carbocycles. The lowest BCUT2D eigenvalue weighted by molar-refractivity contribution is 0.0457. The molecular formula is C17H10F3NO2S. The van der Waals surface area contributed by atoms with Crippen LogP contribution in [0.4, 0.5) is 13.2 Å². The van der Waals surface area contributed by atoms with Gasteiger partial charge in [0.2, 0.25) is 0 Å². The fourth-order valence-corrected chi connectivity index (χ4v) is 2.81. The summed E-state index contributed by atoms with van der Waals surface area (Å²) in [7, 11) is 0. The zero-order valence-corrected chi connectivity index (χ0v) is 12.9. The second-order valence-corrected chi connectivity index (χ2v) is 5.68. The van der Waals surface area contributed by atoms with Crippen molar-refractivity contribution < 1.29 is 22.7 Å². The third-order valence-corrected chi connectivity index (χ3v) is 4.10. The van der Waals surface area contributed by atoms with Gasteiger partial charge in [-0.05, 0) is 36.4 Å². The topological polar surface area (TPSA) is 39.2 Å². The SMILES string of the molecule is O=C(OCc1csc(-c2ccc(F)cc2)n1)c1c(F)cccc1F. The summed E-state index contributed by atoms with van der Waals surface area (Å²) in [6.45, 7) is -0.218. The molecular weight excluding hydrogens is 339 g/mol. The van der Waals surface area contributed by atoms with Crippen LogP contribution in [0.25, 0.3) is 10.6 Å². The Balaban J connectivity index is 1.69. The van der Waals surface area contributed by atoms with Crippen LogP contribution in [0.1, 0.15) is 16.1 Å². The van der Waals surface area contributed by atoms with Crippen LogP contribution in [-0.4, -0.2) is 11.0 Å². The normalized spacial score (nSPS) is 10.6. The van der Waals surface area contributed by atoms with E-state index in [0.29, 0.717) is 10.7 Å². The van der Waals surface area contributed by atoms with E-state index in [1.807, 2.05) is 0 Å². The van der Waals surface area contributed by atoms with Crippen molar-refractivity contribution in [1.29, 1.82) is 0 Å². The molecule has 3 aromatic rings. The molecule has 0 fully saturated rings. The van der Waals surface area contributed by atoms with E-state index in [1.54, 1.807) is 17.5 Å². The first kappa shape index (κ1) is 16.2. The Kier molecular flexibility index (Phi) is 4.61. The van der Waals surface area contributed by atoms with Gasteiger partial charge >= 0.3 is 5.97 Å². The highest BCUT2D eigenvalue weighted by Gasteiger charge is 2.19. The zero-order valence-electron chi connectivity index (χ0n) is 12.1. The Morgan fingerprint density at radius 3 is 2.38 bits per heavy atom. The molecule has 0 aliphatic rings. The molecule has 0 spiro atoms. The average Bonchev–Trinajstić information content (AvgIpc) is 3.02. The van der Waals surface area contributed by atoms with Crippen molar-refractivity contribution in [3.05, 3.63) is 76.6 Å². The van der Waals surface area contributed by atoms with Crippen molar-refractivity contribution in [2.45, 2.75) is 6.61 Å². The van der Waals surface area contributed by atoms with Gasteiger partial charge in [-0.1, -0.05) is 6.07 Å². The molecule has 3 rings (SSSR count). The summed E-state index contributed by atoms with van der Waals surface area (Å²) in [4.78, 5) is 16.1. The van der Waals surface area contributed by atoms with Crippen LogP contribution in [-0.2, 0) is 11.3 Å². The van der Waals surface area contributed by atoms with Gasteiger partial charge < -0.3 is 4.74 Å². The number of hydrogen-bond donors (Lipinski definition) is 0. The second-order valence-electron chi connectivity index (χ2n) is 4.82. The number of thiazole rings is 1. The monoisotopic (exact) mass is 349 g/mol. The molecule has 1 aromatic heterocycles. The highest BCUT2D eigenvalue weighted by Crippen LogP contribution is 2.24. The highest BCUT2D eigenvalue weighted by molar-refractivity contribution is 7.13. The van der Waals surface area contributed by atoms with E-state index in [9.17, 15) is 18.0 Å². The summed E-state index contributed by atoms with van der Waals surface area (Å²) in [5.74, 6) is -3.41. The number of rotatable bonds is 4. The third-order valence-electron chi connectivity index (χ3n) is 3.16. The predicted molar refractivity (Wildman–Crippen MR) is 83.0 cm³/mol. The van der Waals surface area contributed by atoms with Gasteiger partial charge in [-0.2, -0.15) is 0 Å². The molecule has 7 heteroatoms. The fraction of sp³-hybridized carbons (Fsp3) is 0.0588. The predicted octanol–water partition coefficient (Wildman–Crippen LogP) is 4.58. The molecule has 24 heavy (non-hydrogen) atoms. The van der Waals surface area contributed by atoms with Crippen LogP contribution in [0, 0.1) is 17.5 Å². The van der Waals surface area contributed by atoms with Crippen LogP contribution >= 0.6 is 11.3 Å². The van der Waals surface area contributed by atoms with Crippen molar-refractivity contribution in [2.24, 2.45) is 0 Å². The standard InChI is InChI=1S/C17H10F3NO2S/c18-11-6-4-10(5-7-11)16-21-12(9-24-16)8-23-17(22)15-13(19)2-1-3-14(15)20/h1-7,9H,8H2. The van der Waals surface area contributed by atoms with Crippen LogP contribution < -0.4 is 0 Å². The maximum absolute atomic E-state index is 13.5. The number of esters is 1. The maximum atomic E-state index is 13.5. The zero-order chi connectivity index (χ0) is 17.1. The smallest absolute Gasteiger partial charge is 0.344 e. The van der Waals surface area contributed by atoms with Gasteiger partial charge in [-0.15, -0.1) is 11.3 Å². The fourth-order valence-electron chi connectivity index (χ4n) is 2.00. The summed E-state index contributed by atoms with van der Waals surface area (Å²) in [6, 6.07) is 8.92. The molecule has 0 N–H and O–H groups in total. The lowest BCUT2D eigenvalue weighted by Gasteiger charge is -2.05. The van der Waals surface area contributed by atoms with E-state index in [4.69, 9.17) is 4.74 Å². The Bertz CT molecular complexity index is 858. The van der Waals surface area contributed by atoms with Gasteiger partial charge in [0.05, 0.1) is 5.69 Å². The van der Waals surface area contributed by atoms with Gasteiger partial charge in [-0.3, -0.25) is 0 Å². The molecule has 1 heterocycles. The van der Waals surface area contributed by atoms with Crippen molar-refractivity contribution >= 4 is 17.3 Å². The first-order valence-electron chi connectivity index (χ1n) is 6.86. The third kappa shape index (κ3) is 3.46. The molecule has 2 aromatic carbocycles. The van der Waals surface area contributed by atoms with Crippen molar-refractivity contribution in [1.82, 2.24) is 4.98 Å². The number of carbonyl (C=O) groups excluding carboxylic acids is 1. The van der Waals surface area contributed by atoms with Crippen molar-refractivity contribution in [3.63, 3.8) is 0 Å². The Morgan fingerprint density at radius 1 is 1.04 bits per heavy atom. The summed E-state index contributed by atoms with van der Waals surface area (Å²) >= 11 is 1.29. The summed E-state index contributed by atoms with van der Waals surface area (Å²) in [5.41, 5.74) is 0.426. The molecule has 0 aliphatic carbocycles. The summed E-state index contributed by atoms with van der Waals surface area (Å²) in [6.07, 6.45) is 0. The van der Waals surface area contributed by atoms with E-state index in [2.05, 4.69) is 4.98 Å². The Hall–Kier alpha value is -2.67. The molecule has 0 atom stereocenters. The Morgan fingerprint density at radius 2 is 1.71 bits per heavy atom. The first-order valence-corrected chi connectivity index (χ1v) is 7.74. The van der Waals surface area contributed by atoms with E-state index in [0.717, 1.165) is 23.8 Å². The minimum absolute atomic E-state index is 0.218. The van der Waals surface area contributed by atoms with Gasteiger partial charge in [0.1, 0.15) is 34.6 Å². The van der Waals surface area contributed by atoms with Crippen LogP contribution in [0.5, 0.6) is 0 Å². The van der Waals surface area contributed by atoms with Gasteiger partial charge in [0.15, 0.2) is 0 Å².